The van der Waals surface area contributed by atoms with Crippen molar-refractivity contribution >= 4 is 23.6 Å². The van der Waals surface area contributed by atoms with E-state index < -0.39 is 5.97 Å². The van der Waals surface area contributed by atoms with Crippen LogP contribution in [0.3, 0.4) is 0 Å². The van der Waals surface area contributed by atoms with Crippen molar-refractivity contribution in [2.45, 2.75) is 32.4 Å². The summed E-state index contributed by atoms with van der Waals surface area (Å²) < 4.78 is 5.43. The monoisotopic (exact) mass is 313 g/mol. The van der Waals surface area contributed by atoms with Crippen LogP contribution in [0.2, 0.25) is 0 Å². The third-order valence-electron chi connectivity index (χ3n) is 2.99. The summed E-state index contributed by atoms with van der Waals surface area (Å²) in [5.41, 5.74) is 0. The van der Waals surface area contributed by atoms with Crippen molar-refractivity contribution in [3.05, 3.63) is 23.7 Å². The lowest BCUT2D eigenvalue weighted by molar-refractivity contribution is -0.138. The molecule has 6 heteroatoms. The molecule has 0 aromatic carbocycles. The van der Waals surface area contributed by atoms with E-state index in [4.69, 9.17) is 9.52 Å². The Bertz CT molecular complexity index is 470. The maximum absolute atomic E-state index is 12.0. The van der Waals surface area contributed by atoms with Gasteiger partial charge < -0.3 is 14.8 Å². The Kier molecular flexibility index (Phi) is 7.36. The first-order valence-electron chi connectivity index (χ1n) is 7.00. The van der Waals surface area contributed by atoms with Gasteiger partial charge in [-0.1, -0.05) is 13.8 Å². The molecule has 1 atom stereocenters. The zero-order valence-corrected chi connectivity index (χ0v) is 13.5. The van der Waals surface area contributed by atoms with Gasteiger partial charge in [0.1, 0.15) is 5.76 Å². The molecule has 0 bridgehead atoms. The molecule has 2 N–H and O–H groups in total. The highest BCUT2D eigenvalue weighted by atomic mass is 32.2. The molecule has 1 aromatic rings. The van der Waals surface area contributed by atoms with Crippen LogP contribution < -0.4 is 5.32 Å². The molecule has 1 aromatic heterocycles. The lowest BCUT2D eigenvalue weighted by Crippen LogP contribution is -2.30. The van der Waals surface area contributed by atoms with Crippen molar-refractivity contribution in [2.24, 2.45) is 11.8 Å². The van der Waals surface area contributed by atoms with E-state index in [1.165, 1.54) is 0 Å². The smallest absolute Gasteiger partial charge is 0.303 e. The quantitative estimate of drug-likeness (QED) is 0.732. The van der Waals surface area contributed by atoms with Crippen LogP contribution in [0.5, 0.6) is 0 Å². The van der Waals surface area contributed by atoms with Gasteiger partial charge in [-0.05, 0) is 36.6 Å². The molecule has 1 amide bonds. The molecule has 1 rings (SSSR count). The van der Waals surface area contributed by atoms with Gasteiger partial charge in [0.05, 0.1) is 5.75 Å². The first kappa shape index (κ1) is 17.6. The Morgan fingerprint density at radius 2 is 2.10 bits per heavy atom. The Hall–Kier alpha value is -1.43. The minimum Gasteiger partial charge on any atom is -0.481 e. The largest absolute Gasteiger partial charge is 0.481 e. The van der Waals surface area contributed by atoms with E-state index in [9.17, 15) is 9.59 Å². The highest BCUT2D eigenvalue weighted by molar-refractivity contribution is 7.97. The fourth-order valence-corrected chi connectivity index (χ4v) is 2.64. The van der Waals surface area contributed by atoms with Gasteiger partial charge in [0, 0.05) is 13.0 Å². The number of hydrogen-bond acceptors (Lipinski definition) is 4. The van der Waals surface area contributed by atoms with E-state index in [2.05, 4.69) is 5.32 Å². The van der Waals surface area contributed by atoms with Crippen molar-refractivity contribution in [3.8, 4) is 0 Å². The second-order valence-electron chi connectivity index (χ2n) is 5.50. The average Bonchev–Trinajstić information content (AvgIpc) is 2.83. The number of rotatable bonds is 9. The molecule has 0 saturated carbocycles. The summed E-state index contributed by atoms with van der Waals surface area (Å²) in [6, 6.07) is 3.43. The van der Waals surface area contributed by atoms with Crippen LogP contribution in [0.25, 0.3) is 0 Å². The molecule has 0 aliphatic carbocycles. The highest BCUT2D eigenvalue weighted by Gasteiger charge is 2.18. The average molecular weight is 313 g/mol. The van der Waals surface area contributed by atoms with E-state index in [1.54, 1.807) is 23.9 Å². The van der Waals surface area contributed by atoms with Crippen LogP contribution in [-0.4, -0.2) is 29.8 Å². The number of carboxylic acids is 1. The van der Waals surface area contributed by atoms with Crippen molar-refractivity contribution in [1.82, 2.24) is 5.32 Å². The van der Waals surface area contributed by atoms with E-state index >= 15 is 0 Å². The topological polar surface area (TPSA) is 79.5 Å². The van der Waals surface area contributed by atoms with Crippen LogP contribution in [0.1, 0.15) is 43.0 Å². The van der Waals surface area contributed by atoms with Crippen LogP contribution in [0.15, 0.2) is 16.5 Å². The number of thioether (sulfide) groups is 1. The number of aliphatic carboxylic acids is 1. The van der Waals surface area contributed by atoms with Gasteiger partial charge in [-0.25, -0.2) is 0 Å². The molecule has 0 radical (unpaired) electrons. The minimum atomic E-state index is -0.838. The van der Waals surface area contributed by atoms with Crippen molar-refractivity contribution in [3.63, 3.8) is 0 Å². The molecule has 0 aliphatic rings. The minimum absolute atomic E-state index is 0.0629. The number of carbonyl (C=O) groups is 2. The predicted octanol–water partition coefficient (Wildman–Crippen LogP) is 3.01. The van der Waals surface area contributed by atoms with Crippen molar-refractivity contribution in [1.29, 1.82) is 0 Å². The Morgan fingerprint density at radius 3 is 2.67 bits per heavy atom. The number of hydrogen-bond donors (Lipinski definition) is 2. The summed E-state index contributed by atoms with van der Waals surface area (Å²) in [6.45, 7) is 4.43. The van der Waals surface area contributed by atoms with Crippen LogP contribution in [-0.2, 0) is 10.5 Å². The van der Waals surface area contributed by atoms with E-state index in [1.807, 2.05) is 20.1 Å². The van der Waals surface area contributed by atoms with Crippen LogP contribution >= 0.6 is 11.8 Å². The first-order chi connectivity index (χ1) is 9.92. The molecular formula is C15H23NO4S. The summed E-state index contributed by atoms with van der Waals surface area (Å²) in [7, 11) is 0. The molecule has 1 heterocycles. The van der Waals surface area contributed by atoms with E-state index in [0.29, 0.717) is 12.5 Å². The predicted molar refractivity (Wildman–Crippen MR) is 83.5 cm³/mol. The zero-order chi connectivity index (χ0) is 15.8. The van der Waals surface area contributed by atoms with Gasteiger partial charge in [-0.15, -0.1) is 0 Å². The summed E-state index contributed by atoms with van der Waals surface area (Å²) in [5, 5.41) is 11.7. The van der Waals surface area contributed by atoms with Gasteiger partial charge in [-0.3, -0.25) is 9.59 Å². The fraction of sp³-hybridized carbons (Fsp3) is 0.600. The third-order valence-corrected chi connectivity index (χ3v) is 3.56. The van der Waals surface area contributed by atoms with Gasteiger partial charge in [0.2, 0.25) is 0 Å². The number of furan rings is 1. The molecular weight excluding hydrogens is 290 g/mol. The van der Waals surface area contributed by atoms with Crippen LogP contribution in [0, 0.1) is 11.8 Å². The van der Waals surface area contributed by atoms with Gasteiger partial charge >= 0.3 is 5.97 Å². The molecule has 118 valence electrons. The second-order valence-corrected chi connectivity index (χ2v) is 6.37. The first-order valence-corrected chi connectivity index (χ1v) is 8.39. The highest BCUT2D eigenvalue weighted by Crippen LogP contribution is 2.16. The molecule has 5 nitrogen and oxygen atoms in total. The maximum atomic E-state index is 12.0. The van der Waals surface area contributed by atoms with Gasteiger partial charge in [-0.2, -0.15) is 11.8 Å². The molecule has 21 heavy (non-hydrogen) atoms. The van der Waals surface area contributed by atoms with Crippen molar-refractivity contribution in [2.75, 3.05) is 12.8 Å². The normalized spacial score (nSPS) is 12.4. The summed E-state index contributed by atoms with van der Waals surface area (Å²) in [4.78, 5) is 22.8. The lowest BCUT2D eigenvalue weighted by atomic mass is 9.94. The molecule has 0 aliphatic heterocycles. The molecule has 0 spiro atoms. The lowest BCUT2D eigenvalue weighted by Gasteiger charge is -2.17. The number of amides is 1. The van der Waals surface area contributed by atoms with Crippen LogP contribution in [0.4, 0.5) is 0 Å². The van der Waals surface area contributed by atoms with E-state index in [0.717, 1.165) is 17.9 Å². The maximum Gasteiger partial charge on any atom is 0.303 e. The zero-order valence-electron chi connectivity index (χ0n) is 12.7. The summed E-state index contributed by atoms with van der Waals surface area (Å²) >= 11 is 1.62. The molecule has 0 fully saturated rings. The standard InChI is InChI=1S/C15H23NO4S/c1-10(2)6-11(7-14(17)18)8-16-15(19)13-5-4-12(20-13)9-21-3/h4-5,10-11H,6-9H2,1-3H3,(H,16,19)(H,17,18). The summed E-state index contributed by atoms with van der Waals surface area (Å²) in [5.74, 6) is 0.962. The Labute approximate surface area is 129 Å². The SMILES string of the molecule is CSCc1ccc(C(=O)NCC(CC(=O)O)CC(C)C)o1. The van der Waals surface area contributed by atoms with Crippen molar-refractivity contribution < 1.29 is 19.1 Å². The number of nitrogens with one attached hydrogen (secondary N) is 1. The second kappa shape index (κ2) is 8.77. The molecule has 0 saturated heterocycles. The van der Waals surface area contributed by atoms with Gasteiger partial charge in [0.25, 0.3) is 5.91 Å². The van der Waals surface area contributed by atoms with E-state index in [-0.39, 0.29) is 24.0 Å². The Balaban J connectivity index is 2.52. The van der Waals surface area contributed by atoms with Gasteiger partial charge in [0.15, 0.2) is 5.76 Å². The number of carboxylic acid groups (broad SMARTS) is 1. The third kappa shape index (κ3) is 6.71. The number of carbonyl (C=O) groups excluding carboxylic acids is 1. The molecule has 1 unspecified atom stereocenters. The fourth-order valence-electron chi connectivity index (χ4n) is 2.20. The summed E-state index contributed by atoms with van der Waals surface area (Å²) in [6.07, 6.45) is 2.79. The Morgan fingerprint density at radius 1 is 1.38 bits per heavy atom.